The van der Waals surface area contributed by atoms with Gasteiger partial charge in [0.15, 0.2) is 11.5 Å². The maximum absolute atomic E-state index is 13.3. The molecule has 0 bridgehead atoms. The molecule has 2 aliphatic rings. The number of hydrogen-bond donors (Lipinski definition) is 3. The van der Waals surface area contributed by atoms with Crippen molar-refractivity contribution >= 4 is 34.3 Å². The van der Waals surface area contributed by atoms with E-state index >= 15 is 0 Å². The van der Waals surface area contributed by atoms with Gasteiger partial charge < -0.3 is 25.0 Å². The van der Waals surface area contributed by atoms with Gasteiger partial charge in [-0.1, -0.05) is 97.3 Å². The zero-order valence-electron chi connectivity index (χ0n) is 28.6. The number of halogens is 1. The highest BCUT2D eigenvalue weighted by molar-refractivity contribution is 7.84. The number of nitrogens with zero attached hydrogens (tertiary/aromatic N) is 1. The third-order valence-corrected chi connectivity index (χ3v) is 10.8. The zero-order valence-corrected chi connectivity index (χ0v) is 30.2. The summed E-state index contributed by atoms with van der Waals surface area (Å²) in [6.45, 7) is 6.87. The first-order chi connectivity index (χ1) is 21.5. The fourth-order valence-corrected chi connectivity index (χ4v) is 7.88. The number of likely N-dealkylation sites (N-methyl/N-ethyl adjacent to an activating group) is 1. The lowest BCUT2D eigenvalue weighted by Gasteiger charge is -2.45. The number of carbonyl (C=O) groups excluding carboxylic acids is 2. The Bertz CT molecular complexity index is 881. The van der Waals surface area contributed by atoms with E-state index in [-0.39, 0.29) is 18.4 Å². The van der Waals surface area contributed by atoms with Crippen molar-refractivity contribution in [2.45, 2.75) is 177 Å². The van der Waals surface area contributed by atoms with Crippen LogP contribution in [0.1, 0.15) is 130 Å². The van der Waals surface area contributed by atoms with Crippen LogP contribution in [-0.2, 0) is 29.9 Å². The minimum atomic E-state index is -1.66. The Morgan fingerprint density at radius 3 is 2.02 bits per heavy atom. The summed E-state index contributed by atoms with van der Waals surface area (Å²) in [5.74, 6) is -0.310. The average molecular weight is 679 g/mol. The highest BCUT2D eigenvalue weighted by Gasteiger charge is 2.52. The van der Waals surface area contributed by atoms with Crippen LogP contribution < -0.4 is 5.32 Å². The number of carbonyl (C=O) groups is 2. The molecule has 11 heteroatoms. The van der Waals surface area contributed by atoms with E-state index in [4.69, 9.17) is 21.1 Å². The maximum Gasteiger partial charge on any atom is 0.306 e. The number of amides is 1. The molecule has 45 heavy (non-hydrogen) atoms. The van der Waals surface area contributed by atoms with Gasteiger partial charge in [-0.25, -0.2) is 0 Å². The Hall–Kier alpha value is -0.780. The predicted molar refractivity (Wildman–Crippen MR) is 182 cm³/mol. The van der Waals surface area contributed by atoms with E-state index in [1.165, 1.54) is 64.0 Å². The van der Waals surface area contributed by atoms with Crippen LogP contribution in [0.4, 0.5) is 0 Å². The lowest BCUT2D eigenvalue weighted by molar-refractivity contribution is -0.219. The molecule has 0 saturated carbocycles. The van der Waals surface area contributed by atoms with Gasteiger partial charge in [-0.05, 0) is 39.2 Å². The summed E-state index contributed by atoms with van der Waals surface area (Å²) < 4.78 is 24.3. The number of aliphatic hydroxyl groups is 2. The van der Waals surface area contributed by atoms with Gasteiger partial charge >= 0.3 is 5.97 Å². The van der Waals surface area contributed by atoms with E-state index in [9.17, 15) is 24.0 Å². The van der Waals surface area contributed by atoms with Gasteiger partial charge in [0.05, 0.1) is 28.3 Å². The molecule has 264 valence electrons. The molecule has 0 aromatic carbocycles. The van der Waals surface area contributed by atoms with E-state index in [2.05, 4.69) is 19.2 Å². The van der Waals surface area contributed by atoms with Crippen LogP contribution in [0.5, 0.6) is 0 Å². The largest absolute Gasteiger partial charge is 0.456 e. The summed E-state index contributed by atoms with van der Waals surface area (Å²) in [6.07, 6.45) is 14.5. The van der Waals surface area contributed by atoms with Gasteiger partial charge in [-0.2, -0.15) is 0 Å². The normalized spacial score (nSPS) is 29.3. The first-order valence-corrected chi connectivity index (χ1v) is 19.7. The lowest BCUT2D eigenvalue weighted by Crippen LogP contribution is -2.66. The fourth-order valence-electron chi connectivity index (χ4n) is 6.80. The minimum Gasteiger partial charge on any atom is -0.456 e. The molecule has 2 saturated heterocycles. The fraction of sp³-hybridized carbons (Fsp3) is 0.941. The number of rotatable bonds is 22. The summed E-state index contributed by atoms with van der Waals surface area (Å²) in [5, 5.41) is 24.4. The number of nitrogens with one attached hydrogen (secondary N) is 1. The number of aliphatic hydroxyl groups excluding tert-OH is 2. The minimum absolute atomic E-state index is 0.175. The SMILES string of the molecule is CCCCCCCCCCCCCCCC(=O)O[C@@H]1[C@@H](O)[C@@H](O)[C@@H]([C@H](NC(=O)[C@@H]2C[C@@H](CCC)CN2C)[C@H](C)Cl)O[C@@H]1S(C)=O. The van der Waals surface area contributed by atoms with Gasteiger partial charge in [0, 0.05) is 19.2 Å². The van der Waals surface area contributed by atoms with Crippen molar-refractivity contribution in [2.24, 2.45) is 5.92 Å². The Morgan fingerprint density at radius 2 is 1.51 bits per heavy atom. The molecule has 0 aromatic rings. The van der Waals surface area contributed by atoms with E-state index in [1.54, 1.807) is 6.92 Å². The number of ether oxygens (including phenoxy) is 2. The first kappa shape index (κ1) is 40.4. The summed E-state index contributed by atoms with van der Waals surface area (Å²) >= 11 is 6.49. The second-order valence-electron chi connectivity index (χ2n) is 13.5. The van der Waals surface area contributed by atoms with Crippen LogP contribution in [0.15, 0.2) is 0 Å². The van der Waals surface area contributed by atoms with Crippen LogP contribution in [0.2, 0.25) is 0 Å². The smallest absolute Gasteiger partial charge is 0.306 e. The molecule has 2 heterocycles. The van der Waals surface area contributed by atoms with E-state index in [0.29, 0.717) is 12.3 Å². The Kier molecular flexibility index (Phi) is 19.7. The van der Waals surface area contributed by atoms with Crippen molar-refractivity contribution < 1.29 is 33.5 Å². The molecule has 0 aromatic heterocycles. The van der Waals surface area contributed by atoms with Crippen molar-refractivity contribution in [1.82, 2.24) is 10.2 Å². The maximum atomic E-state index is 13.3. The lowest BCUT2D eigenvalue weighted by atomic mass is 9.92. The Balaban J connectivity index is 1.82. The molecule has 0 radical (unpaired) electrons. The highest BCUT2D eigenvalue weighted by Crippen LogP contribution is 2.31. The van der Waals surface area contributed by atoms with E-state index in [1.807, 2.05) is 11.9 Å². The molecule has 2 rings (SSSR count). The number of hydrogen-bond acceptors (Lipinski definition) is 8. The molecular formula is C34H63ClN2O7S. The van der Waals surface area contributed by atoms with Gasteiger partial charge in [-0.15, -0.1) is 11.6 Å². The van der Waals surface area contributed by atoms with Crippen molar-refractivity contribution in [1.29, 1.82) is 0 Å². The standard InChI is InChI=1S/C34H63ClN2O7S/c1-6-8-9-10-11-12-13-14-15-16-17-18-19-21-27(38)43-32-30(40)29(39)31(44-34(32)45(5)42)28(24(3)35)36-33(41)26-22-25(20-7-2)23-37(26)4/h24-26,28-32,34,39-40H,6-23H2,1-5H3,(H,36,41)/t24-,25+,26-,28+,29+,30-,31+,32+,34+,45?/m0/s1. The number of likely N-dealkylation sites (tertiary alicyclic amines) is 1. The molecule has 2 aliphatic heterocycles. The van der Waals surface area contributed by atoms with Crippen molar-refractivity contribution in [3.63, 3.8) is 0 Å². The average Bonchev–Trinajstić information content (AvgIpc) is 3.36. The molecule has 3 N–H and O–H groups in total. The summed E-state index contributed by atoms with van der Waals surface area (Å²) in [4.78, 5) is 28.0. The van der Waals surface area contributed by atoms with Gasteiger partial charge in [-0.3, -0.25) is 18.7 Å². The zero-order chi connectivity index (χ0) is 33.4. The number of esters is 1. The molecule has 10 atom stereocenters. The van der Waals surface area contributed by atoms with Crippen LogP contribution in [0.3, 0.4) is 0 Å². The van der Waals surface area contributed by atoms with Crippen LogP contribution in [0.25, 0.3) is 0 Å². The van der Waals surface area contributed by atoms with Crippen LogP contribution in [0, 0.1) is 5.92 Å². The third kappa shape index (κ3) is 13.7. The number of alkyl halides is 1. The molecule has 2 fully saturated rings. The molecule has 1 amide bonds. The third-order valence-electron chi connectivity index (χ3n) is 9.45. The van der Waals surface area contributed by atoms with E-state index < -0.39 is 58.0 Å². The highest BCUT2D eigenvalue weighted by atomic mass is 35.5. The van der Waals surface area contributed by atoms with Crippen molar-refractivity contribution in [3.8, 4) is 0 Å². The first-order valence-electron chi connectivity index (χ1n) is 17.7. The van der Waals surface area contributed by atoms with Gasteiger partial charge in [0.1, 0.15) is 18.3 Å². The monoisotopic (exact) mass is 678 g/mol. The van der Waals surface area contributed by atoms with Crippen LogP contribution in [-0.4, -0.2) is 98.4 Å². The summed E-state index contributed by atoms with van der Waals surface area (Å²) in [5.41, 5.74) is -1.18. The van der Waals surface area contributed by atoms with Crippen molar-refractivity contribution in [3.05, 3.63) is 0 Å². The Labute approximate surface area is 280 Å². The summed E-state index contributed by atoms with van der Waals surface area (Å²) in [7, 11) is 0.255. The second kappa shape index (κ2) is 22.0. The van der Waals surface area contributed by atoms with E-state index in [0.717, 1.165) is 45.1 Å². The topological polar surface area (TPSA) is 125 Å². The molecule has 9 nitrogen and oxygen atoms in total. The van der Waals surface area contributed by atoms with Crippen molar-refractivity contribution in [2.75, 3.05) is 19.8 Å². The van der Waals surface area contributed by atoms with Crippen LogP contribution >= 0.6 is 11.6 Å². The molecular weight excluding hydrogens is 616 g/mol. The molecule has 0 aliphatic carbocycles. The quantitative estimate of drug-likeness (QED) is 0.0786. The predicted octanol–water partition coefficient (Wildman–Crippen LogP) is 5.44. The summed E-state index contributed by atoms with van der Waals surface area (Å²) in [6, 6.07) is -1.20. The molecule has 1 unspecified atom stereocenters. The van der Waals surface area contributed by atoms with Gasteiger partial charge in [0.2, 0.25) is 5.91 Å². The van der Waals surface area contributed by atoms with Gasteiger partial charge in [0.25, 0.3) is 0 Å². The second-order valence-corrected chi connectivity index (χ2v) is 15.6. The Morgan fingerprint density at radius 1 is 0.956 bits per heavy atom. The number of unbranched alkanes of at least 4 members (excludes halogenated alkanes) is 12. The molecule has 0 spiro atoms.